The number of β-amino-alcohol motifs (C(OH)–C–C–N with tert-alkyl or cyclic N) is 1. The topological polar surface area (TPSA) is 71.0 Å². The molecular formula is C21H34N2O4. The molecule has 1 aliphatic rings. The Balaban J connectivity index is 1.73. The molecule has 1 unspecified atom stereocenters. The number of aliphatic hydroxyl groups is 1. The number of ether oxygens (including phenoxy) is 2. The van der Waals surface area contributed by atoms with Crippen molar-refractivity contribution in [2.75, 3.05) is 33.4 Å². The van der Waals surface area contributed by atoms with Gasteiger partial charge in [0.2, 0.25) is 0 Å². The standard InChI is InChI=1S/C21H34N2O4/c1-21(2,3)22-13-16-6-5-7-19(12-16)27-15-18(24)14-23-10-8-17(9-11-23)20(25)26-4/h5-7,12,17-18,22,24H,8-11,13-15H2,1-4H3. The number of piperidine rings is 1. The monoisotopic (exact) mass is 378 g/mol. The van der Waals surface area contributed by atoms with E-state index in [0.29, 0.717) is 6.54 Å². The van der Waals surface area contributed by atoms with Crippen molar-refractivity contribution in [3.63, 3.8) is 0 Å². The Morgan fingerprint density at radius 3 is 2.67 bits per heavy atom. The van der Waals surface area contributed by atoms with Gasteiger partial charge in [0.05, 0.1) is 13.0 Å². The first-order chi connectivity index (χ1) is 12.8. The third-order valence-corrected chi connectivity index (χ3v) is 4.75. The van der Waals surface area contributed by atoms with E-state index in [2.05, 4.69) is 37.1 Å². The van der Waals surface area contributed by atoms with Crippen molar-refractivity contribution in [1.82, 2.24) is 10.2 Å². The molecule has 0 aromatic heterocycles. The van der Waals surface area contributed by atoms with Gasteiger partial charge < -0.3 is 24.8 Å². The fourth-order valence-corrected chi connectivity index (χ4v) is 3.17. The molecular weight excluding hydrogens is 344 g/mol. The molecule has 152 valence electrons. The smallest absolute Gasteiger partial charge is 0.308 e. The predicted octanol–water partition coefficient (Wildman–Crippen LogP) is 2.20. The maximum atomic E-state index is 11.6. The van der Waals surface area contributed by atoms with Gasteiger partial charge in [0.15, 0.2) is 0 Å². The highest BCUT2D eigenvalue weighted by Crippen LogP contribution is 2.19. The van der Waals surface area contributed by atoms with Crippen LogP contribution < -0.4 is 10.1 Å². The minimum Gasteiger partial charge on any atom is -0.491 e. The summed E-state index contributed by atoms with van der Waals surface area (Å²) in [5.41, 5.74) is 1.22. The van der Waals surface area contributed by atoms with Crippen LogP contribution in [0.3, 0.4) is 0 Å². The summed E-state index contributed by atoms with van der Waals surface area (Å²) in [6, 6.07) is 7.95. The predicted molar refractivity (Wildman–Crippen MR) is 106 cm³/mol. The van der Waals surface area contributed by atoms with Crippen LogP contribution >= 0.6 is 0 Å². The summed E-state index contributed by atoms with van der Waals surface area (Å²) in [5, 5.41) is 13.7. The number of nitrogens with zero attached hydrogens (tertiary/aromatic N) is 1. The van der Waals surface area contributed by atoms with Gasteiger partial charge in [-0.05, 0) is 64.4 Å². The first-order valence-corrected chi connectivity index (χ1v) is 9.72. The van der Waals surface area contributed by atoms with Gasteiger partial charge in [0, 0.05) is 18.6 Å². The molecule has 2 N–H and O–H groups in total. The highest BCUT2D eigenvalue weighted by Gasteiger charge is 2.26. The second-order valence-corrected chi connectivity index (χ2v) is 8.31. The van der Waals surface area contributed by atoms with E-state index in [1.807, 2.05) is 18.2 Å². The van der Waals surface area contributed by atoms with Crippen LogP contribution in [0.2, 0.25) is 0 Å². The average Bonchev–Trinajstić information content (AvgIpc) is 2.64. The number of carbonyl (C=O) groups is 1. The lowest BCUT2D eigenvalue weighted by Gasteiger charge is -2.31. The summed E-state index contributed by atoms with van der Waals surface area (Å²) in [7, 11) is 1.43. The van der Waals surface area contributed by atoms with Crippen LogP contribution in [0.15, 0.2) is 24.3 Å². The van der Waals surface area contributed by atoms with Crippen molar-refractivity contribution in [3.05, 3.63) is 29.8 Å². The Morgan fingerprint density at radius 1 is 1.33 bits per heavy atom. The molecule has 0 aliphatic carbocycles. The van der Waals surface area contributed by atoms with Crippen LogP contribution in [0.5, 0.6) is 5.75 Å². The molecule has 27 heavy (non-hydrogen) atoms. The van der Waals surface area contributed by atoms with Gasteiger partial charge >= 0.3 is 5.97 Å². The van der Waals surface area contributed by atoms with Gasteiger partial charge in [0.1, 0.15) is 18.5 Å². The largest absolute Gasteiger partial charge is 0.491 e. The maximum Gasteiger partial charge on any atom is 0.308 e. The maximum absolute atomic E-state index is 11.6. The van der Waals surface area contributed by atoms with Gasteiger partial charge in [-0.25, -0.2) is 0 Å². The lowest BCUT2D eigenvalue weighted by atomic mass is 9.97. The van der Waals surface area contributed by atoms with Crippen molar-refractivity contribution in [3.8, 4) is 5.75 Å². The van der Waals surface area contributed by atoms with Crippen LogP contribution in [0.4, 0.5) is 0 Å². The molecule has 1 fully saturated rings. The molecule has 1 aromatic carbocycles. The van der Waals surface area contributed by atoms with E-state index in [0.717, 1.165) is 43.8 Å². The fraction of sp³-hybridized carbons (Fsp3) is 0.667. The highest BCUT2D eigenvalue weighted by atomic mass is 16.5. The van der Waals surface area contributed by atoms with E-state index >= 15 is 0 Å². The van der Waals surface area contributed by atoms with Crippen molar-refractivity contribution in [1.29, 1.82) is 0 Å². The molecule has 0 radical (unpaired) electrons. The molecule has 1 saturated heterocycles. The molecule has 2 rings (SSSR count). The normalized spacial score (nSPS) is 17.5. The third kappa shape index (κ3) is 7.87. The number of nitrogens with one attached hydrogen (secondary N) is 1. The van der Waals surface area contributed by atoms with Crippen LogP contribution in [-0.2, 0) is 16.1 Å². The first kappa shape index (κ1) is 21.7. The fourth-order valence-electron chi connectivity index (χ4n) is 3.17. The van der Waals surface area contributed by atoms with E-state index in [4.69, 9.17) is 9.47 Å². The lowest BCUT2D eigenvalue weighted by Crippen LogP contribution is -2.42. The number of rotatable bonds is 8. The first-order valence-electron chi connectivity index (χ1n) is 9.72. The molecule has 0 spiro atoms. The van der Waals surface area contributed by atoms with Crippen LogP contribution in [0, 0.1) is 5.92 Å². The summed E-state index contributed by atoms with van der Waals surface area (Å²) in [4.78, 5) is 13.7. The van der Waals surface area contributed by atoms with Crippen molar-refractivity contribution >= 4 is 5.97 Å². The second-order valence-electron chi connectivity index (χ2n) is 8.31. The van der Waals surface area contributed by atoms with Crippen molar-refractivity contribution < 1.29 is 19.4 Å². The second kappa shape index (κ2) is 10.1. The molecule has 6 heteroatoms. The summed E-state index contributed by atoms with van der Waals surface area (Å²) in [6.45, 7) is 9.59. The van der Waals surface area contributed by atoms with E-state index in [1.165, 1.54) is 7.11 Å². The van der Waals surface area contributed by atoms with Gasteiger partial charge in [-0.3, -0.25) is 4.79 Å². The Labute approximate surface area is 162 Å². The SMILES string of the molecule is COC(=O)C1CCN(CC(O)COc2cccc(CNC(C)(C)C)c2)CC1. The molecule has 1 atom stereocenters. The Bertz CT molecular complexity index is 592. The Hall–Kier alpha value is -1.63. The average molecular weight is 379 g/mol. The molecule has 0 bridgehead atoms. The van der Waals surface area contributed by atoms with Gasteiger partial charge in [-0.1, -0.05) is 12.1 Å². The molecule has 1 aromatic rings. The molecule has 1 heterocycles. The van der Waals surface area contributed by atoms with Gasteiger partial charge in [-0.15, -0.1) is 0 Å². The minimum absolute atomic E-state index is 0.0101. The summed E-state index contributed by atoms with van der Waals surface area (Å²) >= 11 is 0. The summed E-state index contributed by atoms with van der Waals surface area (Å²) < 4.78 is 10.6. The number of hydrogen-bond acceptors (Lipinski definition) is 6. The number of carbonyl (C=O) groups excluding carboxylic acids is 1. The quantitative estimate of drug-likeness (QED) is 0.676. The number of methoxy groups -OCH3 is 1. The van der Waals surface area contributed by atoms with E-state index < -0.39 is 6.10 Å². The van der Waals surface area contributed by atoms with Crippen LogP contribution in [0.1, 0.15) is 39.2 Å². The van der Waals surface area contributed by atoms with Crippen molar-refractivity contribution in [2.45, 2.75) is 51.8 Å². The minimum atomic E-state index is -0.559. The summed E-state index contributed by atoms with van der Waals surface area (Å²) in [6.07, 6.45) is 1.00. The lowest BCUT2D eigenvalue weighted by molar-refractivity contribution is -0.147. The number of likely N-dealkylation sites (tertiary alicyclic amines) is 1. The van der Waals surface area contributed by atoms with Crippen molar-refractivity contribution in [2.24, 2.45) is 5.92 Å². The molecule has 0 saturated carbocycles. The van der Waals surface area contributed by atoms with E-state index in [-0.39, 0.29) is 24.0 Å². The summed E-state index contributed by atoms with van der Waals surface area (Å²) in [5.74, 6) is 0.634. The van der Waals surface area contributed by atoms with E-state index in [1.54, 1.807) is 0 Å². The zero-order chi connectivity index (χ0) is 19.9. The number of esters is 1. The number of hydrogen-bond donors (Lipinski definition) is 2. The number of aliphatic hydroxyl groups excluding tert-OH is 1. The zero-order valence-electron chi connectivity index (χ0n) is 17.0. The zero-order valence-corrected chi connectivity index (χ0v) is 17.0. The van der Waals surface area contributed by atoms with Crippen LogP contribution in [0.25, 0.3) is 0 Å². The molecule has 6 nitrogen and oxygen atoms in total. The number of benzene rings is 1. The van der Waals surface area contributed by atoms with Crippen LogP contribution in [-0.4, -0.2) is 61.0 Å². The molecule has 1 aliphatic heterocycles. The Morgan fingerprint density at radius 2 is 2.04 bits per heavy atom. The highest BCUT2D eigenvalue weighted by molar-refractivity contribution is 5.72. The van der Waals surface area contributed by atoms with Gasteiger partial charge in [-0.2, -0.15) is 0 Å². The third-order valence-electron chi connectivity index (χ3n) is 4.75. The Kier molecular flexibility index (Phi) is 8.07. The molecule has 0 amide bonds. The van der Waals surface area contributed by atoms with E-state index in [9.17, 15) is 9.90 Å². The van der Waals surface area contributed by atoms with Gasteiger partial charge in [0.25, 0.3) is 0 Å².